The quantitative estimate of drug-likeness (QED) is 0.717. The first-order valence-electron chi connectivity index (χ1n) is 9.65. The third kappa shape index (κ3) is 5.33. The lowest BCUT2D eigenvalue weighted by molar-refractivity contribution is 0.0757. The van der Waals surface area contributed by atoms with Crippen LogP contribution in [0.25, 0.3) is 0 Å². The number of hydrogen-bond acceptors (Lipinski definition) is 3. The molecule has 0 aliphatic carbocycles. The molecule has 1 aliphatic heterocycles. The summed E-state index contributed by atoms with van der Waals surface area (Å²) in [6.45, 7) is 6.40. The molecule has 1 aliphatic rings. The number of ether oxygens (including phenoxy) is 1. The van der Waals surface area contributed by atoms with Crippen LogP contribution in [0, 0.1) is 0 Å². The lowest BCUT2D eigenvalue weighted by atomic mass is 10.1. The van der Waals surface area contributed by atoms with Crippen LogP contribution in [0.3, 0.4) is 0 Å². The lowest BCUT2D eigenvalue weighted by Gasteiger charge is -2.16. The number of carbonyl (C=O) groups excluding carboxylic acids is 2. The zero-order valence-electron chi connectivity index (χ0n) is 16.4. The van der Waals surface area contributed by atoms with Gasteiger partial charge in [-0.2, -0.15) is 0 Å². The van der Waals surface area contributed by atoms with E-state index < -0.39 is 0 Å². The SMILES string of the molecule is CC(C)OCCCNC(=O)c1ccc(NC(=O)N2Cc3ccccc3C2)cc1. The van der Waals surface area contributed by atoms with Gasteiger partial charge in [-0.3, -0.25) is 4.79 Å². The first kappa shape index (κ1) is 19.9. The van der Waals surface area contributed by atoms with Crippen molar-refractivity contribution in [3.05, 3.63) is 65.2 Å². The van der Waals surface area contributed by atoms with Gasteiger partial charge in [-0.15, -0.1) is 0 Å². The Morgan fingerprint density at radius 1 is 1.04 bits per heavy atom. The highest BCUT2D eigenvalue weighted by Gasteiger charge is 2.22. The molecule has 0 aromatic heterocycles. The minimum absolute atomic E-state index is 0.127. The number of nitrogens with zero attached hydrogens (tertiary/aromatic N) is 1. The number of amides is 3. The van der Waals surface area contributed by atoms with Crippen molar-refractivity contribution < 1.29 is 14.3 Å². The average molecular weight is 381 g/mol. The summed E-state index contributed by atoms with van der Waals surface area (Å²) in [5.41, 5.74) is 3.60. The van der Waals surface area contributed by atoms with E-state index in [2.05, 4.69) is 10.6 Å². The van der Waals surface area contributed by atoms with E-state index in [0.717, 1.165) is 6.42 Å². The Morgan fingerprint density at radius 3 is 2.29 bits per heavy atom. The first-order chi connectivity index (χ1) is 13.5. The van der Waals surface area contributed by atoms with Gasteiger partial charge in [0.1, 0.15) is 0 Å². The second-order valence-electron chi connectivity index (χ2n) is 7.16. The minimum Gasteiger partial charge on any atom is -0.379 e. The molecule has 0 bridgehead atoms. The van der Waals surface area contributed by atoms with Crippen molar-refractivity contribution in [2.24, 2.45) is 0 Å². The monoisotopic (exact) mass is 381 g/mol. The van der Waals surface area contributed by atoms with Crippen molar-refractivity contribution in [1.82, 2.24) is 10.2 Å². The highest BCUT2D eigenvalue weighted by molar-refractivity contribution is 5.95. The van der Waals surface area contributed by atoms with Crippen molar-refractivity contribution >= 4 is 17.6 Å². The maximum Gasteiger partial charge on any atom is 0.322 e. The van der Waals surface area contributed by atoms with Gasteiger partial charge >= 0.3 is 6.03 Å². The summed E-state index contributed by atoms with van der Waals surface area (Å²) >= 11 is 0. The minimum atomic E-state index is -0.140. The summed E-state index contributed by atoms with van der Waals surface area (Å²) in [5, 5.41) is 5.77. The standard InChI is InChI=1S/C22H27N3O3/c1-16(2)28-13-5-12-23-21(26)17-8-10-20(11-9-17)24-22(27)25-14-18-6-3-4-7-19(18)15-25/h3-4,6-11,16H,5,12-15H2,1-2H3,(H,23,26)(H,24,27). The molecule has 2 N–H and O–H groups in total. The van der Waals surface area contributed by atoms with Gasteiger partial charge in [0.05, 0.1) is 6.10 Å². The van der Waals surface area contributed by atoms with Gasteiger partial charge < -0.3 is 20.3 Å². The second-order valence-corrected chi connectivity index (χ2v) is 7.16. The van der Waals surface area contributed by atoms with E-state index >= 15 is 0 Å². The molecule has 0 saturated carbocycles. The fraction of sp³-hybridized carbons (Fsp3) is 0.364. The van der Waals surface area contributed by atoms with Crippen LogP contribution in [0.2, 0.25) is 0 Å². The number of urea groups is 1. The maximum atomic E-state index is 12.5. The number of anilines is 1. The van der Waals surface area contributed by atoms with E-state index in [-0.39, 0.29) is 18.0 Å². The van der Waals surface area contributed by atoms with E-state index in [1.54, 1.807) is 29.2 Å². The van der Waals surface area contributed by atoms with Crippen LogP contribution in [0.15, 0.2) is 48.5 Å². The molecular formula is C22H27N3O3. The zero-order chi connectivity index (χ0) is 19.9. The third-order valence-corrected chi connectivity index (χ3v) is 4.58. The highest BCUT2D eigenvalue weighted by Crippen LogP contribution is 2.23. The Balaban J connectivity index is 1.45. The van der Waals surface area contributed by atoms with Crippen LogP contribution in [-0.2, 0) is 17.8 Å². The molecule has 3 rings (SSSR count). The molecule has 28 heavy (non-hydrogen) atoms. The maximum absolute atomic E-state index is 12.5. The van der Waals surface area contributed by atoms with Gasteiger partial charge in [0, 0.05) is 37.5 Å². The second kappa shape index (κ2) is 9.37. The van der Waals surface area contributed by atoms with E-state index in [1.165, 1.54) is 11.1 Å². The highest BCUT2D eigenvalue weighted by atomic mass is 16.5. The summed E-state index contributed by atoms with van der Waals surface area (Å²) < 4.78 is 5.45. The Labute approximate surface area is 165 Å². The van der Waals surface area contributed by atoms with E-state index in [4.69, 9.17) is 4.74 Å². The van der Waals surface area contributed by atoms with Crippen molar-refractivity contribution in [3.63, 3.8) is 0 Å². The van der Waals surface area contributed by atoms with Gasteiger partial charge in [-0.1, -0.05) is 24.3 Å². The number of carbonyl (C=O) groups is 2. The fourth-order valence-electron chi connectivity index (χ4n) is 3.08. The van der Waals surface area contributed by atoms with E-state index in [1.807, 2.05) is 38.1 Å². The average Bonchev–Trinajstić information content (AvgIpc) is 3.12. The summed E-state index contributed by atoms with van der Waals surface area (Å²) in [5.74, 6) is -0.127. The van der Waals surface area contributed by atoms with Gasteiger partial charge in [0.25, 0.3) is 5.91 Å². The molecule has 0 saturated heterocycles. The molecule has 2 aromatic carbocycles. The molecule has 0 unspecified atom stereocenters. The van der Waals surface area contributed by atoms with Crippen molar-refractivity contribution in [2.75, 3.05) is 18.5 Å². The molecule has 1 heterocycles. The van der Waals surface area contributed by atoms with Crippen molar-refractivity contribution in [3.8, 4) is 0 Å². The Kier molecular flexibility index (Phi) is 6.66. The molecule has 2 aromatic rings. The number of hydrogen-bond donors (Lipinski definition) is 2. The predicted molar refractivity (Wildman–Crippen MR) is 109 cm³/mol. The molecule has 3 amide bonds. The lowest BCUT2D eigenvalue weighted by Crippen LogP contribution is -2.30. The van der Waals surface area contributed by atoms with Crippen LogP contribution < -0.4 is 10.6 Å². The van der Waals surface area contributed by atoms with Gasteiger partial charge in [-0.25, -0.2) is 4.79 Å². The van der Waals surface area contributed by atoms with Crippen LogP contribution in [0.5, 0.6) is 0 Å². The van der Waals surface area contributed by atoms with Crippen molar-refractivity contribution in [2.45, 2.75) is 39.5 Å². The molecular weight excluding hydrogens is 354 g/mol. The fourth-order valence-corrected chi connectivity index (χ4v) is 3.08. The predicted octanol–water partition coefficient (Wildman–Crippen LogP) is 3.78. The molecule has 0 fully saturated rings. The number of nitrogens with one attached hydrogen (secondary N) is 2. The molecule has 0 spiro atoms. The molecule has 0 radical (unpaired) electrons. The number of fused-ring (bicyclic) bond motifs is 1. The van der Waals surface area contributed by atoms with Gasteiger partial charge in [0.15, 0.2) is 0 Å². The normalized spacial score (nSPS) is 12.8. The van der Waals surface area contributed by atoms with Crippen LogP contribution in [0.1, 0.15) is 41.8 Å². The van der Waals surface area contributed by atoms with Gasteiger partial charge in [-0.05, 0) is 55.7 Å². The Bertz CT molecular complexity index is 793. The van der Waals surface area contributed by atoms with Crippen LogP contribution in [0.4, 0.5) is 10.5 Å². The van der Waals surface area contributed by atoms with Crippen molar-refractivity contribution in [1.29, 1.82) is 0 Å². The molecule has 6 nitrogen and oxygen atoms in total. The topological polar surface area (TPSA) is 70.7 Å². The van der Waals surface area contributed by atoms with E-state index in [9.17, 15) is 9.59 Å². The number of benzene rings is 2. The van der Waals surface area contributed by atoms with E-state index in [0.29, 0.717) is 37.5 Å². The summed E-state index contributed by atoms with van der Waals surface area (Å²) in [7, 11) is 0. The Hall–Kier alpha value is -2.86. The van der Waals surface area contributed by atoms with Gasteiger partial charge in [0.2, 0.25) is 0 Å². The zero-order valence-corrected chi connectivity index (χ0v) is 16.4. The molecule has 6 heteroatoms. The van der Waals surface area contributed by atoms with Crippen LogP contribution >= 0.6 is 0 Å². The largest absolute Gasteiger partial charge is 0.379 e. The Morgan fingerprint density at radius 2 is 1.68 bits per heavy atom. The smallest absolute Gasteiger partial charge is 0.322 e. The first-order valence-corrected chi connectivity index (χ1v) is 9.65. The molecule has 0 atom stereocenters. The summed E-state index contributed by atoms with van der Waals surface area (Å²) in [6.07, 6.45) is 0.976. The van der Waals surface area contributed by atoms with Crippen LogP contribution in [-0.4, -0.2) is 36.1 Å². The summed E-state index contributed by atoms with van der Waals surface area (Å²) in [6, 6.07) is 14.9. The summed E-state index contributed by atoms with van der Waals surface area (Å²) in [4.78, 5) is 26.4. The number of rotatable bonds is 7. The molecule has 148 valence electrons. The third-order valence-electron chi connectivity index (χ3n) is 4.58.